The molecule has 0 saturated heterocycles. The molecule has 2 aromatic heterocycles. The molecule has 1 N–H and O–H groups in total. The monoisotopic (exact) mass is 315 g/mol. The zero-order valence-electron chi connectivity index (χ0n) is 11.6. The van der Waals surface area contributed by atoms with Crippen LogP contribution in [0.2, 0.25) is 0 Å². The first-order valence-electron chi connectivity index (χ1n) is 6.50. The van der Waals surface area contributed by atoms with Gasteiger partial charge in [-0.2, -0.15) is 0 Å². The fourth-order valence-corrected chi connectivity index (χ4v) is 2.01. The Morgan fingerprint density at radius 3 is 2.83 bits per heavy atom. The zero-order valence-corrected chi connectivity index (χ0v) is 11.6. The van der Waals surface area contributed by atoms with E-state index in [1.54, 1.807) is 6.07 Å². The van der Waals surface area contributed by atoms with Gasteiger partial charge in [-0.25, -0.2) is 13.8 Å². The van der Waals surface area contributed by atoms with Crippen molar-refractivity contribution in [3.8, 4) is 0 Å². The molecule has 2 heterocycles. The van der Waals surface area contributed by atoms with E-state index in [4.69, 9.17) is 5.39 Å². The molecule has 0 saturated carbocycles. The molecule has 0 bridgehead atoms. The second-order valence-corrected chi connectivity index (χ2v) is 4.63. The summed E-state index contributed by atoms with van der Waals surface area (Å²) in [6.07, 6.45) is 1.44. The molecule has 114 valence electrons. The highest BCUT2D eigenvalue weighted by Gasteiger charge is 2.19. The van der Waals surface area contributed by atoms with Crippen LogP contribution in [0, 0.1) is 17.0 Å². The van der Waals surface area contributed by atoms with Crippen molar-refractivity contribution in [1.29, 1.82) is 5.39 Å². The van der Waals surface area contributed by atoms with Crippen LogP contribution in [-0.2, 0) is 6.54 Å². The molecule has 9 heteroatoms. The minimum Gasteiger partial charge on any atom is -0.347 e. The molecule has 0 fully saturated rings. The number of rotatable bonds is 3. The Balaban J connectivity index is 1.80. The van der Waals surface area contributed by atoms with Gasteiger partial charge in [0, 0.05) is 17.6 Å². The van der Waals surface area contributed by atoms with Gasteiger partial charge in [0.25, 0.3) is 11.6 Å². The van der Waals surface area contributed by atoms with E-state index in [1.807, 2.05) is 0 Å². The predicted octanol–water partition coefficient (Wildman–Crippen LogP) is 2.42. The van der Waals surface area contributed by atoms with Crippen LogP contribution in [0.15, 0.2) is 36.5 Å². The van der Waals surface area contributed by atoms with Gasteiger partial charge < -0.3 is 5.32 Å². The summed E-state index contributed by atoms with van der Waals surface area (Å²) in [6.45, 7) is -0.00619. The second kappa shape index (κ2) is 5.76. The third kappa shape index (κ3) is 2.82. The molecule has 0 spiro atoms. The van der Waals surface area contributed by atoms with Crippen LogP contribution >= 0.6 is 0 Å². The van der Waals surface area contributed by atoms with E-state index in [0.29, 0.717) is 11.2 Å². The van der Waals surface area contributed by atoms with Crippen LogP contribution in [0.5, 0.6) is 0 Å². The molecule has 0 aliphatic carbocycles. The molecule has 0 radical (unpaired) electrons. The molecule has 23 heavy (non-hydrogen) atoms. The average molecular weight is 315 g/mol. The molecular formula is C14H9F2N6O+. The van der Waals surface area contributed by atoms with Gasteiger partial charge in [-0.1, -0.05) is 15.7 Å². The van der Waals surface area contributed by atoms with Gasteiger partial charge in [0.05, 0.1) is 17.7 Å². The minimum atomic E-state index is -0.989. The van der Waals surface area contributed by atoms with E-state index in [1.165, 1.54) is 22.8 Å². The van der Waals surface area contributed by atoms with Crippen molar-refractivity contribution in [2.75, 3.05) is 0 Å². The first kappa shape index (κ1) is 14.5. The molecule has 0 aliphatic rings. The number of hydrogen-bond acceptors (Lipinski definition) is 4. The Morgan fingerprint density at radius 2 is 2.09 bits per heavy atom. The topological polar surface area (TPSA) is 87.4 Å². The fraction of sp³-hybridized carbons (Fsp3) is 0.0714. The quantitative estimate of drug-likeness (QED) is 0.752. The Bertz CT molecular complexity index is 946. The average Bonchev–Trinajstić information content (AvgIpc) is 3.03. The van der Waals surface area contributed by atoms with E-state index in [0.717, 1.165) is 12.1 Å². The number of aromatic nitrogens is 3. The van der Waals surface area contributed by atoms with Crippen molar-refractivity contribution in [2.45, 2.75) is 6.54 Å². The van der Waals surface area contributed by atoms with Gasteiger partial charge >= 0.3 is 5.82 Å². The summed E-state index contributed by atoms with van der Waals surface area (Å²) in [5.41, 5.74) is 0.737. The number of fused-ring (bicyclic) bond motifs is 1. The van der Waals surface area contributed by atoms with E-state index in [-0.39, 0.29) is 18.1 Å². The molecule has 0 aliphatic heterocycles. The maximum Gasteiger partial charge on any atom is 0.453 e. The van der Waals surface area contributed by atoms with Gasteiger partial charge in [-0.05, 0) is 17.7 Å². The summed E-state index contributed by atoms with van der Waals surface area (Å²) in [4.78, 5) is 19.2. The summed E-state index contributed by atoms with van der Waals surface area (Å²) in [7, 11) is 0. The Morgan fingerprint density at radius 1 is 1.26 bits per heavy atom. The highest BCUT2D eigenvalue weighted by molar-refractivity contribution is 5.93. The summed E-state index contributed by atoms with van der Waals surface area (Å²) in [5.74, 6) is -2.46. The van der Waals surface area contributed by atoms with Crippen molar-refractivity contribution in [1.82, 2.24) is 19.9 Å². The lowest BCUT2D eigenvalue weighted by molar-refractivity contribution is 0.0946. The zero-order chi connectivity index (χ0) is 16.4. The standard InChI is InChI=1S/C14H8F2N6O/c15-9-2-1-8(5-10(9)16)7-18-14(23)11-6-13(21-17)22-12(20-11)3-4-19-22/h1-6H,7H2/p+1. The fourth-order valence-electron chi connectivity index (χ4n) is 2.01. The van der Waals surface area contributed by atoms with Gasteiger partial charge in [-0.15, -0.1) is 0 Å². The van der Waals surface area contributed by atoms with Crippen molar-refractivity contribution in [2.24, 2.45) is 0 Å². The second-order valence-electron chi connectivity index (χ2n) is 4.63. The maximum absolute atomic E-state index is 13.1. The van der Waals surface area contributed by atoms with Crippen LogP contribution in [-0.4, -0.2) is 20.5 Å². The molecule has 3 rings (SSSR count). The molecule has 1 aromatic carbocycles. The number of nitrogens with zero attached hydrogens (tertiary/aromatic N) is 5. The van der Waals surface area contributed by atoms with Crippen LogP contribution in [0.25, 0.3) is 10.6 Å². The lowest BCUT2D eigenvalue weighted by Crippen LogP contribution is -2.24. The number of diazo groups is 1. The highest BCUT2D eigenvalue weighted by Crippen LogP contribution is 2.15. The van der Waals surface area contributed by atoms with Crippen molar-refractivity contribution in [3.05, 3.63) is 64.4 Å². The van der Waals surface area contributed by atoms with Crippen molar-refractivity contribution in [3.63, 3.8) is 0 Å². The third-order valence-corrected chi connectivity index (χ3v) is 3.11. The Kier molecular flexibility index (Phi) is 3.64. The lowest BCUT2D eigenvalue weighted by Gasteiger charge is -2.05. The Hall–Kier alpha value is -3.41. The predicted molar refractivity (Wildman–Crippen MR) is 75.3 cm³/mol. The molecule has 0 atom stereocenters. The molecule has 7 nitrogen and oxygen atoms in total. The maximum atomic E-state index is 13.1. The first-order valence-corrected chi connectivity index (χ1v) is 6.50. The normalized spacial score (nSPS) is 10.5. The number of amides is 1. The molecular weight excluding hydrogens is 306 g/mol. The number of halogens is 2. The van der Waals surface area contributed by atoms with Crippen LogP contribution in [0.4, 0.5) is 14.6 Å². The first-order chi connectivity index (χ1) is 11.1. The van der Waals surface area contributed by atoms with E-state index in [2.05, 4.69) is 20.4 Å². The van der Waals surface area contributed by atoms with Crippen molar-refractivity contribution >= 4 is 17.4 Å². The van der Waals surface area contributed by atoms with E-state index >= 15 is 0 Å². The Labute approximate surface area is 128 Å². The van der Waals surface area contributed by atoms with E-state index in [9.17, 15) is 13.6 Å². The SMILES string of the molecule is N#[N+]c1cc(C(=O)NCc2ccc(F)c(F)c2)nc2ccnn12. The summed E-state index contributed by atoms with van der Waals surface area (Å²) in [6, 6.07) is 6.13. The number of benzene rings is 1. The molecule has 0 unspecified atom stereocenters. The van der Waals surface area contributed by atoms with Gasteiger partial charge in [0.15, 0.2) is 11.6 Å². The number of carbonyl (C=O) groups is 1. The number of hydrogen-bond donors (Lipinski definition) is 1. The van der Waals surface area contributed by atoms with Crippen molar-refractivity contribution < 1.29 is 13.6 Å². The van der Waals surface area contributed by atoms with Gasteiger partial charge in [-0.3, -0.25) is 4.79 Å². The van der Waals surface area contributed by atoms with Gasteiger partial charge in [0.1, 0.15) is 5.69 Å². The smallest absolute Gasteiger partial charge is 0.347 e. The van der Waals surface area contributed by atoms with Gasteiger partial charge in [0.2, 0.25) is 0 Å². The third-order valence-electron chi connectivity index (χ3n) is 3.11. The summed E-state index contributed by atoms with van der Waals surface area (Å²) >= 11 is 0. The molecule has 1 amide bonds. The van der Waals surface area contributed by atoms with E-state index < -0.39 is 17.5 Å². The van der Waals surface area contributed by atoms with Crippen LogP contribution < -0.4 is 5.32 Å². The van der Waals surface area contributed by atoms with Crippen LogP contribution in [0.1, 0.15) is 16.1 Å². The summed E-state index contributed by atoms with van der Waals surface area (Å²) < 4.78 is 27.2. The summed E-state index contributed by atoms with van der Waals surface area (Å²) in [5, 5.41) is 15.4. The molecule has 3 aromatic rings. The lowest BCUT2D eigenvalue weighted by atomic mass is 10.2. The minimum absolute atomic E-state index is 0.00619. The highest BCUT2D eigenvalue weighted by atomic mass is 19.2. The van der Waals surface area contributed by atoms with Crippen LogP contribution in [0.3, 0.4) is 0 Å². The largest absolute Gasteiger partial charge is 0.453 e. The number of carbonyl (C=O) groups excluding carboxylic acids is 1. The number of nitrogens with one attached hydrogen (secondary N) is 1.